The van der Waals surface area contributed by atoms with E-state index in [1.807, 2.05) is 23.7 Å². The minimum Gasteiger partial charge on any atom is -0.454 e. The number of benzene rings is 1. The van der Waals surface area contributed by atoms with E-state index < -0.39 is 0 Å². The van der Waals surface area contributed by atoms with Crippen molar-refractivity contribution < 1.29 is 9.47 Å². The molecule has 0 saturated carbocycles. The Kier molecular flexibility index (Phi) is 8.21. The van der Waals surface area contributed by atoms with Gasteiger partial charge in [-0.3, -0.25) is 9.67 Å². The van der Waals surface area contributed by atoms with E-state index in [0.717, 1.165) is 52.7 Å². The lowest BCUT2D eigenvalue weighted by Crippen LogP contribution is -2.37. The highest BCUT2D eigenvalue weighted by molar-refractivity contribution is 14.0. The lowest BCUT2D eigenvalue weighted by molar-refractivity contribution is 0.173. The average Bonchev–Trinajstić information content (AvgIpc) is 3.20. The molecule has 9 heteroatoms. The van der Waals surface area contributed by atoms with E-state index in [9.17, 15) is 0 Å². The minimum atomic E-state index is 0. The first-order valence-corrected chi connectivity index (χ1v) is 9.39. The standard InChI is InChI=1S/C18H24BrN5O2.HI/c1-12-7-13(2)24(23-12)6-4-5-21-18(20-3)22-10-14-8-15(19)17-16(9-14)25-11-26-17;/h7-9H,4-6,10-11H2,1-3H3,(H2,20,21,22);1H. The fourth-order valence-corrected chi connectivity index (χ4v) is 3.47. The van der Waals surface area contributed by atoms with Crippen LogP contribution in [0.15, 0.2) is 27.7 Å². The Labute approximate surface area is 185 Å². The molecule has 1 aliphatic rings. The lowest BCUT2D eigenvalue weighted by atomic mass is 10.2. The first kappa shape index (κ1) is 21.8. The molecule has 7 nitrogen and oxygen atoms in total. The quantitative estimate of drug-likeness (QED) is 0.250. The van der Waals surface area contributed by atoms with Crippen LogP contribution in [0.5, 0.6) is 11.5 Å². The van der Waals surface area contributed by atoms with Crippen LogP contribution in [-0.2, 0) is 13.1 Å². The molecule has 0 saturated heterocycles. The van der Waals surface area contributed by atoms with Gasteiger partial charge in [0.15, 0.2) is 17.5 Å². The van der Waals surface area contributed by atoms with E-state index in [2.05, 4.69) is 49.6 Å². The van der Waals surface area contributed by atoms with Crippen LogP contribution in [0.3, 0.4) is 0 Å². The van der Waals surface area contributed by atoms with Gasteiger partial charge in [-0.15, -0.1) is 24.0 Å². The highest BCUT2D eigenvalue weighted by Gasteiger charge is 2.17. The molecule has 2 N–H and O–H groups in total. The smallest absolute Gasteiger partial charge is 0.231 e. The molecule has 1 aromatic carbocycles. The van der Waals surface area contributed by atoms with E-state index in [4.69, 9.17) is 9.47 Å². The van der Waals surface area contributed by atoms with Gasteiger partial charge in [0.25, 0.3) is 0 Å². The summed E-state index contributed by atoms with van der Waals surface area (Å²) in [5.74, 6) is 2.30. The zero-order valence-electron chi connectivity index (χ0n) is 15.7. The van der Waals surface area contributed by atoms with Crippen molar-refractivity contribution in [1.82, 2.24) is 20.4 Å². The first-order chi connectivity index (χ1) is 12.6. The van der Waals surface area contributed by atoms with Gasteiger partial charge in [-0.2, -0.15) is 5.10 Å². The van der Waals surface area contributed by atoms with Crippen molar-refractivity contribution in [3.63, 3.8) is 0 Å². The van der Waals surface area contributed by atoms with Crippen LogP contribution in [0.25, 0.3) is 0 Å². The summed E-state index contributed by atoms with van der Waals surface area (Å²) in [4.78, 5) is 4.27. The van der Waals surface area contributed by atoms with E-state index in [0.29, 0.717) is 6.54 Å². The lowest BCUT2D eigenvalue weighted by Gasteiger charge is -2.13. The van der Waals surface area contributed by atoms with Crippen molar-refractivity contribution >= 4 is 45.9 Å². The van der Waals surface area contributed by atoms with Gasteiger partial charge in [-0.05, 0) is 60.0 Å². The van der Waals surface area contributed by atoms with Crippen LogP contribution in [0.2, 0.25) is 0 Å². The monoisotopic (exact) mass is 549 g/mol. The van der Waals surface area contributed by atoms with Gasteiger partial charge in [-0.1, -0.05) is 0 Å². The molecule has 0 aliphatic carbocycles. The number of nitrogens with zero attached hydrogens (tertiary/aromatic N) is 3. The molecule has 0 fully saturated rings. The molecule has 0 atom stereocenters. The Balaban J connectivity index is 0.00000261. The third-order valence-electron chi connectivity index (χ3n) is 4.11. The zero-order chi connectivity index (χ0) is 18.5. The molecule has 0 amide bonds. The Morgan fingerprint density at radius 1 is 1.26 bits per heavy atom. The molecule has 0 unspecified atom stereocenters. The Hall–Kier alpha value is -1.49. The van der Waals surface area contributed by atoms with E-state index in [1.54, 1.807) is 7.05 Å². The number of aromatic nitrogens is 2. The number of halogens is 2. The third-order valence-corrected chi connectivity index (χ3v) is 4.70. The summed E-state index contributed by atoms with van der Waals surface area (Å²) in [6.45, 7) is 6.72. The van der Waals surface area contributed by atoms with Gasteiger partial charge in [0.05, 0.1) is 10.2 Å². The molecule has 1 aliphatic heterocycles. The molecule has 0 radical (unpaired) electrons. The van der Waals surface area contributed by atoms with Crippen LogP contribution in [0.4, 0.5) is 0 Å². The third kappa shape index (κ3) is 5.74. The number of aliphatic imine (C=N–C) groups is 1. The van der Waals surface area contributed by atoms with Crippen molar-refractivity contribution in [2.45, 2.75) is 33.4 Å². The molecule has 27 heavy (non-hydrogen) atoms. The average molecular weight is 550 g/mol. The summed E-state index contributed by atoms with van der Waals surface area (Å²) >= 11 is 3.52. The number of hydrogen-bond acceptors (Lipinski definition) is 4. The molecular weight excluding hydrogens is 525 g/mol. The molecule has 2 heterocycles. The Bertz CT molecular complexity index is 809. The van der Waals surface area contributed by atoms with E-state index in [1.165, 1.54) is 5.69 Å². The van der Waals surface area contributed by atoms with Gasteiger partial charge in [-0.25, -0.2) is 0 Å². The van der Waals surface area contributed by atoms with Gasteiger partial charge in [0.2, 0.25) is 6.79 Å². The summed E-state index contributed by atoms with van der Waals surface area (Å²) in [6, 6.07) is 6.10. The van der Waals surface area contributed by atoms with Crippen LogP contribution in [0.1, 0.15) is 23.4 Å². The van der Waals surface area contributed by atoms with Gasteiger partial charge in [0.1, 0.15) is 0 Å². The Morgan fingerprint density at radius 2 is 2.07 bits per heavy atom. The molecule has 1 aromatic heterocycles. The SMILES string of the molecule is CN=C(NCCCn1nc(C)cc1C)NCc1cc(Br)c2c(c1)OCO2.I. The molecular formula is C18H25BrIN5O2. The second-order valence-electron chi connectivity index (χ2n) is 6.17. The second kappa shape index (κ2) is 10.2. The molecule has 0 bridgehead atoms. The first-order valence-electron chi connectivity index (χ1n) is 8.60. The largest absolute Gasteiger partial charge is 0.454 e. The van der Waals surface area contributed by atoms with Crippen molar-refractivity contribution in [2.75, 3.05) is 20.4 Å². The topological polar surface area (TPSA) is 72.7 Å². The van der Waals surface area contributed by atoms with Gasteiger partial charge >= 0.3 is 0 Å². The Morgan fingerprint density at radius 3 is 2.78 bits per heavy atom. The zero-order valence-corrected chi connectivity index (χ0v) is 19.6. The number of nitrogens with one attached hydrogen (secondary N) is 2. The number of aryl methyl sites for hydroxylation is 3. The predicted octanol–water partition coefficient (Wildman–Crippen LogP) is 3.36. The molecule has 148 valence electrons. The van der Waals surface area contributed by atoms with Gasteiger partial charge in [0, 0.05) is 32.4 Å². The number of hydrogen-bond donors (Lipinski definition) is 2. The highest BCUT2D eigenvalue weighted by atomic mass is 127. The summed E-state index contributed by atoms with van der Waals surface area (Å²) in [7, 11) is 1.77. The van der Waals surface area contributed by atoms with E-state index >= 15 is 0 Å². The van der Waals surface area contributed by atoms with Crippen molar-refractivity contribution in [1.29, 1.82) is 0 Å². The number of guanidine groups is 1. The van der Waals surface area contributed by atoms with Crippen molar-refractivity contribution in [3.8, 4) is 11.5 Å². The fourth-order valence-electron chi connectivity index (χ4n) is 2.87. The van der Waals surface area contributed by atoms with Crippen LogP contribution < -0.4 is 20.1 Å². The maximum Gasteiger partial charge on any atom is 0.231 e. The maximum absolute atomic E-state index is 5.45. The highest BCUT2D eigenvalue weighted by Crippen LogP contribution is 2.39. The van der Waals surface area contributed by atoms with Crippen LogP contribution in [-0.4, -0.2) is 36.1 Å². The fraction of sp³-hybridized carbons (Fsp3) is 0.444. The minimum absolute atomic E-state index is 0. The normalized spacial score (nSPS) is 12.7. The second-order valence-corrected chi connectivity index (χ2v) is 7.02. The molecule has 2 aromatic rings. The number of rotatable bonds is 6. The van der Waals surface area contributed by atoms with Crippen molar-refractivity contribution in [3.05, 3.63) is 39.6 Å². The van der Waals surface area contributed by atoms with Crippen LogP contribution in [0, 0.1) is 13.8 Å². The summed E-state index contributed by atoms with van der Waals surface area (Å²) in [5, 5.41) is 11.1. The number of fused-ring (bicyclic) bond motifs is 1. The van der Waals surface area contributed by atoms with Crippen LogP contribution >= 0.6 is 39.9 Å². The summed E-state index contributed by atoms with van der Waals surface area (Å²) in [6.07, 6.45) is 0.970. The predicted molar refractivity (Wildman–Crippen MR) is 120 cm³/mol. The summed E-state index contributed by atoms with van der Waals surface area (Å²) in [5.41, 5.74) is 3.34. The number of ether oxygens (including phenoxy) is 2. The molecule has 0 spiro atoms. The molecule has 3 rings (SSSR count). The van der Waals surface area contributed by atoms with Gasteiger partial charge < -0.3 is 20.1 Å². The maximum atomic E-state index is 5.45. The summed E-state index contributed by atoms with van der Waals surface area (Å²) < 4.78 is 13.8. The van der Waals surface area contributed by atoms with Crippen molar-refractivity contribution in [2.24, 2.45) is 4.99 Å². The van der Waals surface area contributed by atoms with E-state index in [-0.39, 0.29) is 30.8 Å².